The van der Waals surface area contributed by atoms with Gasteiger partial charge in [-0.3, -0.25) is 4.98 Å². The van der Waals surface area contributed by atoms with Crippen molar-refractivity contribution in [1.29, 1.82) is 0 Å². The van der Waals surface area contributed by atoms with Gasteiger partial charge in [-0.25, -0.2) is 0 Å². The van der Waals surface area contributed by atoms with Crippen LogP contribution in [0, 0.1) is 2.88 Å². The molecular formula is C9H5BrINS. The van der Waals surface area contributed by atoms with E-state index in [-0.39, 0.29) is 0 Å². The lowest BCUT2D eigenvalue weighted by molar-refractivity contribution is 1.34. The Hall–Kier alpha value is 0.0600. The Morgan fingerprint density at radius 3 is 2.77 bits per heavy atom. The summed E-state index contributed by atoms with van der Waals surface area (Å²) in [6.07, 6.45) is 1.82. The highest BCUT2D eigenvalue weighted by molar-refractivity contribution is 14.1. The Morgan fingerprint density at radius 2 is 2.23 bits per heavy atom. The van der Waals surface area contributed by atoms with E-state index >= 15 is 0 Å². The number of hydrogen-bond acceptors (Lipinski definition) is 2. The van der Waals surface area contributed by atoms with Gasteiger partial charge in [0, 0.05) is 10.7 Å². The number of thiophene rings is 1. The minimum Gasteiger partial charge on any atom is -0.255 e. The zero-order chi connectivity index (χ0) is 9.26. The molecule has 0 bridgehead atoms. The van der Waals surface area contributed by atoms with Crippen LogP contribution in [0.5, 0.6) is 0 Å². The molecule has 4 heteroatoms. The molecule has 13 heavy (non-hydrogen) atoms. The number of nitrogens with zero attached hydrogens (tertiary/aromatic N) is 1. The average Bonchev–Trinajstić information content (AvgIpc) is 2.49. The Balaban J connectivity index is 2.48. The maximum absolute atomic E-state index is 4.29. The quantitative estimate of drug-likeness (QED) is 0.691. The third-order valence-electron chi connectivity index (χ3n) is 1.56. The first-order valence-electron chi connectivity index (χ1n) is 3.63. The van der Waals surface area contributed by atoms with Crippen LogP contribution < -0.4 is 0 Å². The van der Waals surface area contributed by atoms with Crippen molar-refractivity contribution in [2.24, 2.45) is 0 Å². The summed E-state index contributed by atoms with van der Waals surface area (Å²) in [7, 11) is 0. The van der Waals surface area contributed by atoms with Gasteiger partial charge in [0.05, 0.1) is 13.5 Å². The molecule has 0 spiro atoms. The van der Waals surface area contributed by atoms with E-state index < -0.39 is 0 Å². The van der Waals surface area contributed by atoms with Crippen molar-refractivity contribution in [3.8, 4) is 10.6 Å². The molecule has 2 rings (SSSR count). The Bertz CT molecular complexity index is 393. The number of halogens is 2. The first-order valence-corrected chi connectivity index (χ1v) is 6.32. The molecular weight excluding hydrogens is 361 g/mol. The Labute approximate surface area is 102 Å². The van der Waals surface area contributed by atoms with Gasteiger partial charge in [0.15, 0.2) is 0 Å². The molecule has 0 N–H and O–H groups in total. The highest BCUT2D eigenvalue weighted by Gasteiger charge is 2.05. The van der Waals surface area contributed by atoms with E-state index in [1.807, 2.05) is 24.4 Å². The minimum absolute atomic E-state index is 1.04. The maximum Gasteiger partial charge on any atom is 0.0802 e. The highest BCUT2D eigenvalue weighted by Crippen LogP contribution is 2.34. The molecule has 2 heterocycles. The summed E-state index contributed by atoms with van der Waals surface area (Å²) >= 11 is 7.55. The van der Waals surface area contributed by atoms with Gasteiger partial charge < -0.3 is 0 Å². The van der Waals surface area contributed by atoms with Gasteiger partial charge in [0.1, 0.15) is 0 Å². The summed E-state index contributed by atoms with van der Waals surface area (Å²) in [5.41, 5.74) is 1.04. The molecule has 0 aromatic carbocycles. The number of hydrogen-bond donors (Lipinski definition) is 0. The zero-order valence-corrected chi connectivity index (χ0v) is 11.1. The molecule has 0 saturated heterocycles. The van der Waals surface area contributed by atoms with E-state index in [2.05, 4.69) is 49.6 Å². The van der Waals surface area contributed by atoms with Crippen LogP contribution in [0.2, 0.25) is 0 Å². The van der Waals surface area contributed by atoms with Crippen molar-refractivity contribution in [2.45, 2.75) is 0 Å². The molecule has 1 nitrogen and oxygen atoms in total. The monoisotopic (exact) mass is 365 g/mol. The number of pyridine rings is 1. The maximum atomic E-state index is 4.29. The molecule has 0 fully saturated rings. The topological polar surface area (TPSA) is 12.9 Å². The molecule has 0 saturated carbocycles. The first-order chi connectivity index (χ1) is 6.27. The minimum atomic E-state index is 1.04. The zero-order valence-electron chi connectivity index (χ0n) is 6.50. The Kier molecular flexibility index (Phi) is 3.00. The van der Waals surface area contributed by atoms with Gasteiger partial charge in [0.2, 0.25) is 0 Å². The summed E-state index contributed by atoms with van der Waals surface area (Å²) in [6.45, 7) is 0. The van der Waals surface area contributed by atoms with E-state index in [0.717, 1.165) is 10.2 Å². The fraction of sp³-hybridized carbons (Fsp3) is 0. The molecule has 2 aromatic heterocycles. The van der Waals surface area contributed by atoms with Crippen LogP contribution in [0.3, 0.4) is 0 Å². The summed E-state index contributed by atoms with van der Waals surface area (Å²) in [6, 6.07) is 8.06. The number of aromatic nitrogens is 1. The predicted octanol–water partition coefficient (Wildman–Crippen LogP) is 4.18. The lowest BCUT2D eigenvalue weighted by Gasteiger charge is -1.92. The number of rotatable bonds is 1. The average molecular weight is 366 g/mol. The van der Waals surface area contributed by atoms with Crippen LogP contribution in [0.25, 0.3) is 10.6 Å². The third kappa shape index (κ3) is 2.11. The molecule has 2 aromatic rings. The van der Waals surface area contributed by atoms with Crippen molar-refractivity contribution in [2.75, 3.05) is 0 Å². The molecule has 66 valence electrons. The third-order valence-corrected chi connectivity index (χ3v) is 5.38. The largest absolute Gasteiger partial charge is 0.255 e. The first kappa shape index (κ1) is 9.61. The highest BCUT2D eigenvalue weighted by atomic mass is 127. The second kappa shape index (κ2) is 4.06. The van der Waals surface area contributed by atoms with E-state index in [4.69, 9.17) is 0 Å². The summed E-state index contributed by atoms with van der Waals surface area (Å²) in [5.74, 6) is 0. The van der Waals surface area contributed by atoms with Crippen LogP contribution in [0.1, 0.15) is 0 Å². The molecule has 0 atom stereocenters. The van der Waals surface area contributed by atoms with E-state index in [1.54, 1.807) is 11.3 Å². The fourth-order valence-corrected chi connectivity index (χ4v) is 3.22. The van der Waals surface area contributed by atoms with E-state index in [1.165, 1.54) is 7.76 Å². The normalized spacial score (nSPS) is 10.3. The van der Waals surface area contributed by atoms with Crippen LogP contribution in [0.4, 0.5) is 0 Å². The van der Waals surface area contributed by atoms with E-state index in [9.17, 15) is 0 Å². The van der Waals surface area contributed by atoms with Crippen molar-refractivity contribution in [3.63, 3.8) is 0 Å². The lowest BCUT2D eigenvalue weighted by atomic mass is 10.3. The summed E-state index contributed by atoms with van der Waals surface area (Å²) in [5, 5.41) is 0. The summed E-state index contributed by atoms with van der Waals surface area (Å²) < 4.78 is 2.41. The van der Waals surface area contributed by atoms with Gasteiger partial charge >= 0.3 is 0 Å². The Morgan fingerprint density at radius 1 is 1.38 bits per heavy atom. The molecule has 0 aliphatic heterocycles. The van der Waals surface area contributed by atoms with Crippen LogP contribution >= 0.6 is 49.9 Å². The van der Waals surface area contributed by atoms with Crippen LogP contribution in [-0.2, 0) is 0 Å². The molecule has 0 radical (unpaired) electrons. The predicted molar refractivity (Wildman–Crippen MR) is 68.0 cm³/mol. The summed E-state index contributed by atoms with van der Waals surface area (Å²) in [4.78, 5) is 5.50. The fourth-order valence-electron chi connectivity index (χ4n) is 0.981. The van der Waals surface area contributed by atoms with Gasteiger partial charge in [-0.1, -0.05) is 6.07 Å². The second-order valence-electron chi connectivity index (χ2n) is 2.45. The van der Waals surface area contributed by atoms with Crippen LogP contribution in [0.15, 0.2) is 34.9 Å². The van der Waals surface area contributed by atoms with Gasteiger partial charge in [-0.15, -0.1) is 11.3 Å². The lowest BCUT2D eigenvalue weighted by Crippen LogP contribution is -1.75. The van der Waals surface area contributed by atoms with E-state index in [0.29, 0.717) is 0 Å². The van der Waals surface area contributed by atoms with Gasteiger partial charge in [-0.05, 0) is 56.7 Å². The molecule has 0 aliphatic carbocycles. The molecule has 0 aliphatic rings. The SMILES string of the molecule is Brc1cc(-c2ccccn2)sc1I. The van der Waals surface area contributed by atoms with Crippen molar-refractivity contribution >= 4 is 49.9 Å². The molecule has 0 amide bonds. The van der Waals surface area contributed by atoms with Crippen LogP contribution in [-0.4, -0.2) is 4.98 Å². The van der Waals surface area contributed by atoms with Crippen molar-refractivity contribution in [1.82, 2.24) is 4.98 Å². The molecule has 0 unspecified atom stereocenters. The van der Waals surface area contributed by atoms with Crippen molar-refractivity contribution in [3.05, 3.63) is 37.8 Å². The van der Waals surface area contributed by atoms with Gasteiger partial charge in [0.25, 0.3) is 0 Å². The standard InChI is InChI=1S/C9H5BrINS/c10-6-5-8(13-9(6)11)7-3-1-2-4-12-7/h1-5H. The second-order valence-corrected chi connectivity index (χ2v) is 6.16. The smallest absolute Gasteiger partial charge is 0.0802 e. The van der Waals surface area contributed by atoms with Crippen molar-refractivity contribution < 1.29 is 0 Å². The van der Waals surface area contributed by atoms with Gasteiger partial charge in [-0.2, -0.15) is 0 Å².